The first kappa shape index (κ1) is 8.99. The number of thiophene rings is 1. The van der Waals surface area contributed by atoms with Crippen LogP contribution in [0, 0.1) is 0 Å². The molecule has 0 spiro atoms. The van der Waals surface area contributed by atoms with Gasteiger partial charge in [-0.15, -0.1) is 11.3 Å². The molecule has 0 saturated heterocycles. The van der Waals surface area contributed by atoms with Crippen LogP contribution in [0.3, 0.4) is 0 Å². The lowest BCUT2D eigenvalue weighted by molar-refractivity contribution is 1.20. The van der Waals surface area contributed by atoms with Crippen molar-refractivity contribution >= 4 is 38.4 Å². The summed E-state index contributed by atoms with van der Waals surface area (Å²) in [6, 6.07) is 2.00. The molecule has 3 aromatic heterocycles. The fourth-order valence-electron chi connectivity index (χ4n) is 1.33. The molecule has 1 N–H and O–H groups in total. The van der Waals surface area contributed by atoms with E-state index in [9.17, 15) is 0 Å². The van der Waals surface area contributed by atoms with E-state index in [1.54, 1.807) is 17.5 Å². The van der Waals surface area contributed by atoms with Crippen molar-refractivity contribution in [3.05, 3.63) is 28.4 Å². The largest absolute Gasteiger partial charge is 0.335 e. The molecule has 3 rings (SSSR count). The summed E-state index contributed by atoms with van der Waals surface area (Å²) in [7, 11) is 0. The maximum absolute atomic E-state index is 4.39. The molecule has 0 amide bonds. The third-order valence-corrected chi connectivity index (χ3v) is 3.84. The lowest BCUT2D eigenvalue weighted by atomic mass is 10.4. The lowest BCUT2D eigenvalue weighted by Crippen LogP contribution is -1.76. The Balaban J connectivity index is 2.24. The van der Waals surface area contributed by atoms with Crippen LogP contribution in [0.1, 0.15) is 0 Å². The molecule has 0 unspecified atom stereocenters. The molecule has 0 radical (unpaired) electrons. The standard InChI is InChI=1S/C9H5BrN4S/c10-5-1-2-15-7(5)9-13-6-3-11-4-12-8(6)14-9/h1-4H,(H,11,12,13,14). The van der Waals surface area contributed by atoms with Gasteiger partial charge in [0.2, 0.25) is 0 Å². The number of nitrogens with zero attached hydrogens (tertiary/aromatic N) is 3. The number of aromatic amines is 1. The van der Waals surface area contributed by atoms with Gasteiger partial charge in [0.1, 0.15) is 11.8 Å². The van der Waals surface area contributed by atoms with Gasteiger partial charge in [0.05, 0.1) is 11.1 Å². The summed E-state index contributed by atoms with van der Waals surface area (Å²) < 4.78 is 1.04. The van der Waals surface area contributed by atoms with E-state index in [1.165, 1.54) is 6.33 Å². The maximum Gasteiger partial charge on any atom is 0.181 e. The van der Waals surface area contributed by atoms with Crippen molar-refractivity contribution < 1.29 is 0 Å². The number of imidazole rings is 1. The molecule has 3 heterocycles. The van der Waals surface area contributed by atoms with Crippen LogP contribution in [0.5, 0.6) is 0 Å². The molecule has 4 nitrogen and oxygen atoms in total. The molecule has 74 valence electrons. The van der Waals surface area contributed by atoms with Crippen LogP contribution in [0.2, 0.25) is 0 Å². The van der Waals surface area contributed by atoms with Crippen molar-refractivity contribution in [2.75, 3.05) is 0 Å². The fraction of sp³-hybridized carbons (Fsp3) is 0. The second-order valence-corrected chi connectivity index (χ2v) is 4.71. The summed E-state index contributed by atoms with van der Waals surface area (Å²) in [6.45, 7) is 0. The Kier molecular flexibility index (Phi) is 2.03. The van der Waals surface area contributed by atoms with E-state index >= 15 is 0 Å². The van der Waals surface area contributed by atoms with Gasteiger partial charge in [-0.1, -0.05) is 0 Å². The van der Waals surface area contributed by atoms with E-state index in [4.69, 9.17) is 0 Å². The van der Waals surface area contributed by atoms with Crippen LogP contribution in [0.15, 0.2) is 28.4 Å². The number of hydrogen-bond acceptors (Lipinski definition) is 4. The Morgan fingerprint density at radius 2 is 2.33 bits per heavy atom. The summed E-state index contributed by atoms with van der Waals surface area (Å²) in [5.74, 6) is 0.826. The molecule has 0 saturated carbocycles. The first-order valence-corrected chi connectivity index (χ1v) is 5.91. The van der Waals surface area contributed by atoms with Crippen LogP contribution in [0.25, 0.3) is 21.9 Å². The van der Waals surface area contributed by atoms with Crippen molar-refractivity contribution in [1.29, 1.82) is 0 Å². The average molecular weight is 281 g/mol. The van der Waals surface area contributed by atoms with Gasteiger partial charge in [0, 0.05) is 4.47 Å². The Hall–Kier alpha value is -1.27. The van der Waals surface area contributed by atoms with Crippen molar-refractivity contribution in [3.8, 4) is 10.7 Å². The monoisotopic (exact) mass is 280 g/mol. The van der Waals surface area contributed by atoms with Crippen LogP contribution in [-0.2, 0) is 0 Å². The Morgan fingerprint density at radius 1 is 1.40 bits per heavy atom. The van der Waals surface area contributed by atoms with Gasteiger partial charge in [-0.2, -0.15) is 0 Å². The summed E-state index contributed by atoms with van der Waals surface area (Å²) >= 11 is 5.10. The van der Waals surface area contributed by atoms with Gasteiger partial charge >= 0.3 is 0 Å². The fourth-order valence-corrected chi connectivity index (χ4v) is 2.84. The zero-order chi connectivity index (χ0) is 10.3. The summed E-state index contributed by atoms with van der Waals surface area (Å²) in [6.07, 6.45) is 3.22. The minimum Gasteiger partial charge on any atom is -0.335 e. The molecule has 0 atom stereocenters. The van der Waals surface area contributed by atoms with E-state index in [-0.39, 0.29) is 0 Å². The minimum absolute atomic E-state index is 0.695. The number of hydrogen-bond donors (Lipinski definition) is 1. The molecule has 0 fully saturated rings. The molecule has 0 aliphatic carbocycles. The topological polar surface area (TPSA) is 54.5 Å². The molecule has 3 aromatic rings. The molecule has 15 heavy (non-hydrogen) atoms. The highest BCUT2D eigenvalue weighted by Gasteiger charge is 2.09. The Morgan fingerprint density at radius 3 is 3.07 bits per heavy atom. The quantitative estimate of drug-likeness (QED) is 0.746. The number of rotatable bonds is 1. The van der Waals surface area contributed by atoms with Crippen LogP contribution < -0.4 is 0 Å². The zero-order valence-corrected chi connectivity index (χ0v) is 9.84. The molecular weight excluding hydrogens is 276 g/mol. The first-order valence-electron chi connectivity index (χ1n) is 4.23. The van der Waals surface area contributed by atoms with Gasteiger partial charge in [0.25, 0.3) is 0 Å². The van der Waals surface area contributed by atoms with Crippen LogP contribution in [0.4, 0.5) is 0 Å². The number of aromatic nitrogens is 4. The second-order valence-electron chi connectivity index (χ2n) is 2.94. The summed E-state index contributed by atoms with van der Waals surface area (Å²) in [5.41, 5.74) is 1.55. The van der Waals surface area contributed by atoms with Gasteiger partial charge < -0.3 is 4.98 Å². The summed E-state index contributed by atoms with van der Waals surface area (Å²) in [4.78, 5) is 16.7. The van der Waals surface area contributed by atoms with Gasteiger partial charge in [0.15, 0.2) is 11.5 Å². The maximum atomic E-state index is 4.39. The van der Waals surface area contributed by atoms with Crippen molar-refractivity contribution in [1.82, 2.24) is 19.9 Å². The van der Waals surface area contributed by atoms with E-state index in [1.807, 2.05) is 11.4 Å². The third kappa shape index (κ3) is 1.46. The van der Waals surface area contributed by atoms with Crippen LogP contribution >= 0.6 is 27.3 Å². The highest BCUT2D eigenvalue weighted by Crippen LogP contribution is 2.32. The molecule has 0 aliphatic heterocycles. The van der Waals surface area contributed by atoms with Crippen molar-refractivity contribution in [2.24, 2.45) is 0 Å². The number of nitrogens with one attached hydrogen (secondary N) is 1. The number of H-pyrrole nitrogens is 1. The highest BCUT2D eigenvalue weighted by atomic mass is 79.9. The number of fused-ring (bicyclic) bond motifs is 1. The van der Waals surface area contributed by atoms with E-state index < -0.39 is 0 Å². The molecule has 0 aliphatic rings. The molecule has 0 aromatic carbocycles. The Bertz CT molecular complexity index is 582. The van der Waals surface area contributed by atoms with Crippen molar-refractivity contribution in [3.63, 3.8) is 0 Å². The summed E-state index contributed by atoms with van der Waals surface area (Å²) in [5, 5.41) is 2.01. The highest BCUT2D eigenvalue weighted by molar-refractivity contribution is 9.10. The van der Waals surface area contributed by atoms with Crippen LogP contribution in [-0.4, -0.2) is 19.9 Å². The lowest BCUT2D eigenvalue weighted by Gasteiger charge is -1.90. The minimum atomic E-state index is 0.695. The smallest absolute Gasteiger partial charge is 0.181 e. The van der Waals surface area contributed by atoms with E-state index in [0.29, 0.717) is 5.65 Å². The predicted molar refractivity (Wildman–Crippen MR) is 62.7 cm³/mol. The number of halogens is 1. The van der Waals surface area contributed by atoms with Gasteiger partial charge in [-0.3, -0.25) is 0 Å². The third-order valence-electron chi connectivity index (χ3n) is 1.99. The van der Waals surface area contributed by atoms with E-state index in [2.05, 4.69) is 35.9 Å². The normalized spacial score (nSPS) is 11.0. The Labute approximate surface area is 97.5 Å². The first-order chi connectivity index (χ1) is 7.34. The average Bonchev–Trinajstić information content (AvgIpc) is 2.82. The molecule has 0 bridgehead atoms. The molecular formula is C9H5BrN4S. The van der Waals surface area contributed by atoms with Gasteiger partial charge in [-0.05, 0) is 27.4 Å². The SMILES string of the molecule is Brc1ccsc1-c1nc2ncncc2[nH]1. The zero-order valence-electron chi connectivity index (χ0n) is 7.44. The second kappa shape index (κ2) is 3.39. The predicted octanol–water partition coefficient (Wildman–Crippen LogP) is 2.84. The van der Waals surface area contributed by atoms with Crippen molar-refractivity contribution in [2.45, 2.75) is 0 Å². The van der Waals surface area contributed by atoms with Gasteiger partial charge in [-0.25, -0.2) is 15.0 Å². The molecule has 6 heteroatoms. The van der Waals surface area contributed by atoms with E-state index in [0.717, 1.165) is 20.7 Å².